The van der Waals surface area contributed by atoms with Crippen LogP contribution in [0.3, 0.4) is 0 Å². The number of fused-ring (bicyclic) bond motifs is 1. The van der Waals surface area contributed by atoms with Gasteiger partial charge >= 0.3 is 5.97 Å². The van der Waals surface area contributed by atoms with Crippen LogP contribution in [0.4, 0.5) is 0 Å². The topological polar surface area (TPSA) is 39.2 Å². The third kappa shape index (κ3) is 2.35. The van der Waals surface area contributed by atoms with Crippen LogP contribution in [0.15, 0.2) is 48.2 Å². The predicted molar refractivity (Wildman–Crippen MR) is 77.4 cm³/mol. The molecule has 0 N–H and O–H groups in total. The van der Waals surface area contributed by atoms with E-state index in [2.05, 4.69) is 23.2 Å². The lowest BCUT2D eigenvalue weighted by molar-refractivity contribution is 0.0599. The second-order valence-corrected chi connectivity index (χ2v) is 4.86. The summed E-state index contributed by atoms with van der Waals surface area (Å²) < 4.78 is 4.83. The van der Waals surface area contributed by atoms with E-state index in [1.54, 1.807) is 12.3 Å². The van der Waals surface area contributed by atoms with Gasteiger partial charge in [-0.1, -0.05) is 35.9 Å². The number of esters is 1. The molecule has 0 atom stereocenters. The van der Waals surface area contributed by atoms with Crippen LogP contribution in [0.1, 0.15) is 27.2 Å². The van der Waals surface area contributed by atoms with Gasteiger partial charge in [-0.2, -0.15) is 0 Å². The van der Waals surface area contributed by atoms with Crippen molar-refractivity contribution in [2.24, 2.45) is 0 Å². The highest BCUT2D eigenvalue weighted by atomic mass is 16.5. The Hall–Kier alpha value is -2.42. The van der Waals surface area contributed by atoms with E-state index in [0.717, 1.165) is 24.1 Å². The summed E-state index contributed by atoms with van der Waals surface area (Å²) in [5.41, 5.74) is 5.03. The molecule has 0 aliphatic heterocycles. The molecule has 0 spiro atoms. The van der Waals surface area contributed by atoms with Crippen LogP contribution in [-0.4, -0.2) is 18.1 Å². The molecular weight excluding hydrogens is 250 g/mol. The molecule has 1 aromatic carbocycles. The summed E-state index contributed by atoms with van der Waals surface area (Å²) in [4.78, 5) is 16.1. The predicted octanol–water partition coefficient (Wildman–Crippen LogP) is 3.05. The third-order valence-electron chi connectivity index (χ3n) is 3.51. The standard InChI is InChI=1S/C17H15NO2/c1-20-17(19)14-7-8-18-16-11-13(10-15(14)16)9-12-5-3-2-4-6-12/h2-8,11H,9-10H2,1H3. The van der Waals surface area contributed by atoms with Crippen molar-refractivity contribution in [3.8, 4) is 0 Å². The van der Waals surface area contributed by atoms with Crippen LogP contribution in [0.5, 0.6) is 0 Å². The lowest BCUT2D eigenvalue weighted by Gasteiger charge is -2.06. The number of rotatable bonds is 3. The summed E-state index contributed by atoms with van der Waals surface area (Å²) in [7, 11) is 1.41. The highest BCUT2D eigenvalue weighted by molar-refractivity contribution is 5.92. The van der Waals surface area contributed by atoms with Gasteiger partial charge in [0.2, 0.25) is 0 Å². The number of aromatic nitrogens is 1. The van der Waals surface area contributed by atoms with Gasteiger partial charge in [0.05, 0.1) is 18.4 Å². The minimum Gasteiger partial charge on any atom is -0.465 e. The maximum Gasteiger partial charge on any atom is 0.338 e. The van der Waals surface area contributed by atoms with Gasteiger partial charge in [-0.25, -0.2) is 4.79 Å². The van der Waals surface area contributed by atoms with E-state index in [-0.39, 0.29) is 5.97 Å². The van der Waals surface area contributed by atoms with Gasteiger partial charge in [0, 0.05) is 6.20 Å². The molecular formula is C17H15NO2. The Morgan fingerprint density at radius 1 is 1.25 bits per heavy atom. The maximum absolute atomic E-state index is 11.8. The molecule has 1 aromatic heterocycles. The van der Waals surface area contributed by atoms with Crippen molar-refractivity contribution in [3.63, 3.8) is 0 Å². The fourth-order valence-electron chi connectivity index (χ4n) is 2.56. The second kappa shape index (κ2) is 5.29. The van der Waals surface area contributed by atoms with Gasteiger partial charge in [0.1, 0.15) is 0 Å². The van der Waals surface area contributed by atoms with Crippen LogP contribution in [0.2, 0.25) is 0 Å². The number of nitrogens with zero attached hydrogens (tertiary/aromatic N) is 1. The molecule has 3 rings (SSSR count). The number of carbonyl (C=O) groups excluding carboxylic acids is 1. The Morgan fingerprint density at radius 3 is 2.80 bits per heavy atom. The van der Waals surface area contributed by atoms with Crippen LogP contribution in [0.25, 0.3) is 6.08 Å². The van der Waals surface area contributed by atoms with Gasteiger partial charge in [-0.05, 0) is 36.1 Å². The van der Waals surface area contributed by atoms with E-state index in [1.165, 1.54) is 18.2 Å². The van der Waals surface area contributed by atoms with Crippen LogP contribution >= 0.6 is 0 Å². The number of pyridine rings is 1. The number of benzene rings is 1. The Morgan fingerprint density at radius 2 is 2.05 bits per heavy atom. The first kappa shape index (κ1) is 12.6. The molecule has 0 saturated heterocycles. The quantitative estimate of drug-likeness (QED) is 0.801. The highest BCUT2D eigenvalue weighted by Crippen LogP contribution is 2.28. The molecule has 0 saturated carbocycles. The summed E-state index contributed by atoms with van der Waals surface area (Å²) in [6, 6.07) is 12.0. The van der Waals surface area contributed by atoms with Gasteiger partial charge < -0.3 is 4.74 Å². The molecule has 1 aliphatic carbocycles. The van der Waals surface area contributed by atoms with Gasteiger partial charge in [0.15, 0.2) is 0 Å². The molecule has 1 aliphatic rings. The van der Waals surface area contributed by atoms with Gasteiger partial charge in [-0.15, -0.1) is 0 Å². The van der Waals surface area contributed by atoms with Crippen LogP contribution in [-0.2, 0) is 17.6 Å². The minimum atomic E-state index is -0.294. The fraction of sp³-hybridized carbons (Fsp3) is 0.176. The number of allylic oxidation sites excluding steroid dienone is 1. The van der Waals surface area contributed by atoms with E-state index in [1.807, 2.05) is 18.2 Å². The van der Waals surface area contributed by atoms with Gasteiger partial charge in [-0.3, -0.25) is 4.98 Å². The largest absolute Gasteiger partial charge is 0.465 e. The number of hydrogen-bond donors (Lipinski definition) is 0. The Balaban J connectivity index is 1.85. The van der Waals surface area contributed by atoms with Crippen molar-refractivity contribution in [2.75, 3.05) is 7.11 Å². The smallest absolute Gasteiger partial charge is 0.338 e. The maximum atomic E-state index is 11.8. The lowest BCUT2D eigenvalue weighted by Crippen LogP contribution is -2.06. The fourth-order valence-corrected chi connectivity index (χ4v) is 2.56. The highest BCUT2D eigenvalue weighted by Gasteiger charge is 2.21. The zero-order valence-electron chi connectivity index (χ0n) is 11.3. The first-order valence-electron chi connectivity index (χ1n) is 6.57. The first-order chi connectivity index (χ1) is 9.78. The van der Waals surface area contributed by atoms with E-state index in [4.69, 9.17) is 4.74 Å². The van der Waals surface area contributed by atoms with E-state index < -0.39 is 0 Å². The van der Waals surface area contributed by atoms with Crippen LogP contribution in [0, 0.1) is 0 Å². The molecule has 2 aromatic rings. The van der Waals surface area contributed by atoms with Crippen molar-refractivity contribution in [2.45, 2.75) is 12.8 Å². The van der Waals surface area contributed by atoms with Crippen molar-refractivity contribution in [1.29, 1.82) is 0 Å². The molecule has 100 valence electrons. The SMILES string of the molecule is COC(=O)c1ccnc2c1CC(Cc1ccccc1)=C2. The molecule has 0 unspecified atom stereocenters. The van der Waals surface area contributed by atoms with Gasteiger partial charge in [0.25, 0.3) is 0 Å². The van der Waals surface area contributed by atoms with Crippen molar-refractivity contribution >= 4 is 12.0 Å². The zero-order valence-corrected chi connectivity index (χ0v) is 11.3. The minimum absolute atomic E-state index is 0.294. The average molecular weight is 265 g/mol. The zero-order chi connectivity index (χ0) is 13.9. The molecule has 0 amide bonds. The molecule has 0 radical (unpaired) electrons. The van der Waals surface area contributed by atoms with E-state index in [0.29, 0.717) is 5.56 Å². The number of carbonyl (C=O) groups is 1. The third-order valence-corrected chi connectivity index (χ3v) is 3.51. The molecule has 0 fully saturated rings. The Kier molecular flexibility index (Phi) is 3.33. The number of methoxy groups -OCH3 is 1. The van der Waals surface area contributed by atoms with Crippen molar-refractivity contribution in [1.82, 2.24) is 4.98 Å². The Labute approximate surface area is 117 Å². The van der Waals surface area contributed by atoms with Crippen LogP contribution < -0.4 is 0 Å². The summed E-state index contributed by atoms with van der Waals surface area (Å²) >= 11 is 0. The first-order valence-corrected chi connectivity index (χ1v) is 6.57. The summed E-state index contributed by atoms with van der Waals surface area (Å²) in [5, 5.41) is 0. The van der Waals surface area contributed by atoms with Crippen molar-refractivity contribution < 1.29 is 9.53 Å². The normalized spacial score (nSPS) is 12.8. The lowest BCUT2D eigenvalue weighted by atomic mass is 10.0. The summed E-state index contributed by atoms with van der Waals surface area (Å²) in [6.07, 6.45) is 5.39. The van der Waals surface area contributed by atoms with Crippen molar-refractivity contribution in [3.05, 3.63) is 70.6 Å². The summed E-state index contributed by atoms with van der Waals surface area (Å²) in [6.45, 7) is 0. The monoisotopic (exact) mass is 265 g/mol. The average Bonchev–Trinajstić information content (AvgIpc) is 2.89. The molecule has 0 bridgehead atoms. The number of ether oxygens (including phenoxy) is 1. The second-order valence-electron chi connectivity index (χ2n) is 4.86. The van der Waals surface area contributed by atoms with E-state index >= 15 is 0 Å². The van der Waals surface area contributed by atoms with E-state index in [9.17, 15) is 4.79 Å². The number of hydrogen-bond acceptors (Lipinski definition) is 3. The molecule has 20 heavy (non-hydrogen) atoms. The molecule has 3 nitrogen and oxygen atoms in total. The summed E-state index contributed by atoms with van der Waals surface area (Å²) in [5.74, 6) is -0.294. The Bertz CT molecular complexity index is 675. The molecule has 1 heterocycles. The molecule has 3 heteroatoms.